The van der Waals surface area contributed by atoms with Crippen molar-refractivity contribution >= 4 is 23.2 Å². The maximum Gasteiger partial charge on any atom is 0.0595 e. The van der Waals surface area contributed by atoms with Crippen molar-refractivity contribution in [2.75, 3.05) is 6.54 Å². The maximum absolute atomic E-state index is 6.16. The molecule has 0 bridgehead atoms. The van der Waals surface area contributed by atoms with Gasteiger partial charge in [0.25, 0.3) is 0 Å². The summed E-state index contributed by atoms with van der Waals surface area (Å²) in [5, 5.41) is 4.82. The Morgan fingerprint density at radius 3 is 2.65 bits per heavy atom. The van der Waals surface area contributed by atoms with E-state index in [4.69, 9.17) is 23.2 Å². The summed E-state index contributed by atoms with van der Waals surface area (Å²) in [6, 6.07) is 14.9. The predicted molar refractivity (Wildman–Crippen MR) is 85.8 cm³/mol. The lowest BCUT2D eigenvalue weighted by Crippen LogP contribution is -2.33. The molecule has 3 rings (SSSR count). The van der Waals surface area contributed by atoms with Crippen LogP contribution in [0, 0.1) is 0 Å². The summed E-state index contributed by atoms with van der Waals surface area (Å²) in [6.45, 7) is 3.07. The molecular formula is C17H17Cl2N. The summed E-state index contributed by atoms with van der Waals surface area (Å²) in [5.41, 5.74) is 4.12. The Morgan fingerprint density at radius 1 is 1.15 bits per heavy atom. The third-order valence-corrected chi connectivity index (χ3v) is 4.76. The molecule has 0 heterocycles. The maximum atomic E-state index is 6.16. The van der Waals surface area contributed by atoms with E-state index in [0.717, 1.165) is 13.0 Å². The molecule has 3 heteroatoms. The van der Waals surface area contributed by atoms with Crippen molar-refractivity contribution in [1.29, 1.82) is 0 Å². The van der Waals surface area contributed by atoms with Gasteiger partial charge >= 0.3 is 0 Å². The Bertz CT molecular complexity index is 624. The first-order chi connectivity index (χ1) is 9.70. The minimum atomic E-state index is 0.296. The third kappa shape index (κ3) is 2.46. The molecule has 0 spiro atoms. The molecule has 1 aliphatic carbocycles. The fourth-order valence-electron chi connectivity index (χ4n) is 3.01. The van der Waals surface area contributed by atoms with Crippen molar-refractivity contribution in [3.05, 3.63) is 69.2 Å². The van der Waals surface area contributed by atoms with Crippen LogP contribution in [0.4, 0.5) is 0 Å². The molecule has 2 unspecified atom stereocenters. The zero-order valence-corrected chi connectivity index (χ0v) is 12.9. The molecule has 0 aromatic heterocycles. The van der Waals surface area contributed by atoms with Crippen LogP contribution in [0.2, 0.25) is 10.0 Å². The van der Waals surface area contributed by atoms with Gasteiger partial charge in [0.2, 0.25) is 0 Å². The summed E-state index contributed by atoms with van der Waals surface area (Å²) < 4.78 is 0. The smallest absolute Gasteiger partial charge is 0.0595 e. The van der Waals surface area contributed by atoms with Gasteiger partial charge in [-0.05, 0) is 41.8 Å². The first-order valence-corrected chi connectivity index (χ1v) is 7.72. The fourth-order valence-corrected chi connectivity index (χ4v) is 3.32. The molecule has 0 saturated carbocycles. The Hall–Kier alpha value is -1.02. The molecule has 0 saturated heterocycles. The van der Waals surface area contributed by atoms with Crippen LogP contribution < -0.4 is 5.32 Å². The minimum absolute atomic E-state index is 0.296. The Balaban J connectivity index is 1.92. The van der Waals surface area contributed by atoms with Gasteiger partial charge in [0.1, 0.15) is 0 Å². The summed E-state index contributed by atoms with van der Waals surface area (Å²) in [4.78, 5) is 0. The lowest BCUT2D eigenvalue weighted by molar-refractivity contribution is 0.420. The summed E-state index contributed by atoms with van der Waals surface area (Å²) in [5.74, 6) is 0.517. The second-order valence-corrected chi connectivity index (χ2v) is 6.03. The molecule has 104 valence electrons. The number of fused-ring (bicyclic) bond motifs is 1. The number of likely N-dealkylation sites (N-methyl/N-ethyl adjacent to an activating group) is 1. The van der Waals surface area contributed by atoms with Gasteiger partial charge < -0.3 is 5.32 Å². The molecule has 0 aliphatic heterocycles. The SMILES string of the molecule is CCNC(c1ccc(Cl)c(Cl)c1)C1Cc2ccccc21. The van der Waals surface area contributed by atoms with Crippen molar-refractivity contribution < 1.29 is 0 Å². The highest BCUT2D eigenvalue weighted by atomic mass is 35.5. The molecule has 20 heavy (non-hydrogen) atoms. The zero-order chi connectivity index (χ0) is 14.1. The van der Waals surface area contributed by atoms with Gasteiger partial charge in [0.05, 0.1) is 10.0 Å². The molecule has 0 fully saturated rings. The van der Waals surface area contributed by atoms with E-state index in [1.54, 1.807) is 0 Å². The van der Waals surface area contributed by atoms with E-state index in [-0.39, 0.29) is 0 Å². The van der Waals surface area contributed by atoms with Gasteiger partial charge in [-0.2, -0.15) is 0 Å². The highest BCUT2D eigenvalue weighted by Gasteiger charge is 2.33. The van der Waals surface area contributed by atoms with Crippen LogP contribution in [0.1, 0.15) is 35.6 Å². The molecule has 0 radical (unpaired) electrons. The second-order valence-electron chi connectivity index (χ2n) is 5.22. The summed E-state index contributed by atoms with van der Waals surface area (Å²) in [7, 11) is 0. The lowest BCUT2D eigenvalue weighted by Gasteiger charge is -2.37. The zero-order valence-electron chi connectivity index (χ0n) is 11.4. The Labute approximate surface area is 129 Å². The average Bonchev–Trinajstić information content (AvgIpc) is 2.42. The second kappa shape index (κ2) is 5.77. The molecule has 1 nitrogen and oxygen atoms in total. The number of benzene rings is 2. The predicted octanol–water partition coefficient (Wildman–Crippen LogP) is 4.98. The van der Waals surface area contributed by atoms with Crippen molar-refractivity contribution in [2.24, 2.45) is 0 Å². The Kier molecular flexibility index (Phi) is 4.02. The first-order valence-electron chi connectivity index (χ1n) is 6.97. The standard InChI is InChI=1S/C17H17Cl2N/c1-2-20-17(12-7-8-15(18)16(19)10-12)14-9-11-5-3-4-6-13(11)14/h3-8,10,14,17,20H,2,9H2,1H3. The normalized spacial score (nSPS) is 18.2. The molecular weight excluding hydrogens is 289 g/mol. The molecule has 2 aromatic carbocycles. The van der Waals surface area contributed by atoms with Gasteiger partial charge in [-0.1, -0.05) is 60.5 Å². The van der Waals surface area contributed by atoms with Gasteiger partial charge in [-0.25, -0.2) is 0 Å². The van der Waals surface area contributed by atoms with Gasteiger partial charge in [-0.3, -0.25) is 0 Å². The monoisotopic (exact) mass is 305 g/mol. The number of nitrogens with one attached hydrogen (secondary N) is 1. The van der Waals surface area contributed by atoms with Crippen LogP contribution in [0.5, 0.6) is 0 Å². The van der Waals surface area contributed by atoms with Crippen LogP contribution in [0.15, 0.2) is 42.5 Å². The molecule has 1 aliphatic rings. The van der Waals surface area contributed by atoms with E-state index < -0.39 is 0 Å². The van der Waals surface area contributed by atoms with Gasteiger partial charge in [-0.15, -0.1) is 0 Å². The van der Waals surface area contributed by atoms with Crippen molar-refractivity contribution in [2.45, 2.75) is 25.3 Å². The average molecular weight is 306 g/mol. The highest BCUT2D eigenvalue weighted by molar-refractivity contribution is 6.42. The van der Waals surface area contributed by atoms with E-state index >= 15 is 0 Å². The number of hydrogen-bond acceptors (Lipinski definition) is 1. The number of hydrogen-bond donors (Lipinski definition) is 1. The van der Waals surface area contributed by atoms with E-state index in [1.165, 1.54) is 16.7 Å². The summed E-state index contributed by atoms with van der Waals surface area (Å²) in [6.07, 6.45) is 1.12. The van der Waals surface area contributed by atoms with E-state index in [1.807, 2.05) is 12.1 Å². The first kappa shape index (κ1) is 13.9. The van der Waals surface area contributed by atoms with Gasteiger partial charge in [0.15, 0.2) is 0 Å². The lowest BCUT2D eigenvalue weighted by atomic mass is 9.71. The van der Waals surface area contributed by atoms with Crippen LogP contribution in [0.25, 0.3) is 0 Å². The van der Waals surface area contributed by atoms with Crippen molar-refractivity contribution in [3.63, 3.8) is 0 Å². The molecule has 2 atom stereocenters. The van der Waals surface area contributed by atoms with Crippen molar-refractivity contribution in [3.8, 4) is 0 Å². The van der Waals surface area contributed by atoms with Gasteiger partial charge in [0, 0.05) is 12.0 Å². The Morgan fingerprint density at radius 2 is 1.95 bits per heavy atom. The van der Waals surface area contributed by atoms with Crippen LogP contribution in [-0.2, 0) is 6.42 Å². The largest absolute Gasteiger partial charge is 0.310 e. The number of rotatable bonds is 4. The van der Waals surface area contributed by atoms with E-state index in [2.05, 4.69) is 42.6 Å². The van der Waals surface area contributed by atoms with Crippen LogP contribution >= 0.6 is 23.2 Å². The van der Waals surface area contributed by atoms with E-state index in [0.29, 0.717) is 22.0 Å². The quantitative estimate of drug-likeness (QED) is 0.839. The number of halogens is 2. The molecule has 1 N–H and O–H groups in total. The molecule has 0 amide bonds. The van der Waals surface area contributed by atoms with Crippen LogP contribution in [-0.4, -0.2) is 6.54 Å². The van der Waals surface area contributed by atoms with Crippen LogP contribution in [0.3, 0.4) is 0 Å². The summed E-state index contributed by atoms with van der Waals surface area (Å²) >= 11 is 12.2. The molecule has 2 aromatic rings. The fraction of sp³-hybridized carbons (Fsp3) is 0.294. The highest BCUT2D eigenvalue weighted by Crippen LogP contribution is 2.44. The topological polar surface area (TPSA) is 12.0 Å². The van der Waals surface area contributed by atoms with Crippen molar-refractivity contribution in [1.82, 2.24) is 5.32 Å². The minimum Gasteiger partial charge on any atom is -0.310 e. The van der Waals surface area contributed by atoms with E-state index in [9.17, 15) is 0 Å². The third-order valence-electron chi connectivity index (χ3n) is 4.02.